The molecule has 0 spiro atoms. The van der Waals surface area contributed by atoms with Gasteiger partial charge in [0.1, 0.15) is 23.9 Å². The predicted molar refractivity (Wildman–Crippen MR) is 140 cm³/mol. The molecule has 5 rings (SSSR count). The summed E-state index contributed by atoms with van der Waals surface area (Å²) in [5, 5.41) is 5.30. The summed E-state index contributed by atoms with van der Waals surface area (Å²) in [6, 6.07) is 6.68. The van der Waals surface area contributed by atoms with Gasteiger partial charge in [0.25, 0.3) is 0 Å². The average molecular weight is 510 g/mol. The third kappa shape index (κ3) is 4.75. The number of nitrogens with zero attached hydrogens (tertiary/aromatic N) is 3. The van der Waals surface area contributed by atoms with Crippen LogP contribution in [0.15, 0.2) is 42.7 Å². The van der Waals surface area contributed by atoms with Crippen molar-refractivity contribution in [2.75, 3.05) is 7.11 Å². The van der Waals surface area contributed by atoms with Crippen molar-refractivity contribution in [1.29, 1.82) is 0 Å². The van der Waals surface area contributed by atoms with Crippen molar-refractivity contribution in [3.8, 4) is 17.3 Å². The lowest BCUT2D eigenvalue weighted by Crippen LogP contribution is -2.15. The number of aromatic nitrogens is 3. The molecule has 2 aliphatic carbocycles. The van der Waals surface area contributed by atoms with E-state index in [2.05, 4.69) is 36.9 Å². The molecule has 2 aromatic heterocycles. The Bertz CT molecular complexity index is 1300. The van der Waals surface area contributed by atoms with Gasteiger partial charge in [-0.25, -0.2) is 14.1 Å². The molecule has 7 heteroatoms. The van der Waals surface area contributed by atoms with E-state index in [1.54, 1.807) is 36.3 Å². The van der Waals surface area contributed by atoms with E-state index in [0.29, 0.717) is 34.2 Å². The van der Waals surface area contributed by atoms with Crippen molar-refractivity contribution in [2.24, 2.45) is 11.3 Å². The van der Waals surface area contributed by atoms with E-state index in [1.165, 1.54) is 18.9 Å². The Morgan fingerprint density at radius 1 is 1.22 bits per heavy atom. The molecule has 5 nitrogen and oxygen atoms in total. The van der Waals surface area contributed by atoms with Gasteiger partial charge in [-0.3, -0.25) is 0 Å². The third-order valence-electron chi connectivity index (χ3n) is 7.59. The first-order valence-electron chi connectivity index (χ1n) is 12.7. The van der Waals surface area contributed by atoms with Crippen LogP contribution in [0.2, 0.25) is 5.02 Å². The van der Waals surface area contributed by atoms with Crippen molar-refractivity contribution in [3.63, 3.8) is 0 Å². The van der Waals surface area contributed by atoms with E-state index < -0.39 is 0 Å². The Kier molecular flexibility index (Phi) is 6.82. The molecule has 0 N–H and O–H groups in total. The zero-order valence-electron chi connectivity index (χ0n) is 21.4. The summed E-state index contributed by atoms with van der Waals surface area (Å²) >= 11 is 6.53. The first-order valence-corrected chi connectivity index (χ1v) is 13.1. The van der Waals surface area contributed by atoms with Gasteiger partial charge in [-0.15, -0.1) is 0 Å². The number of pyridine rings is 1. The van der Waals surface area contributed by atoms with Gasteiger partial charge in [-0.05, 0) is 72.6 Å². The fraction of sp³-hybridized carbons (Fsp3) is 0.448. The van der Waals surface area contributed by atoms with Crippen molar-refractivity contribution < 1.29 is 13.9 Å². The number of allylic oxidation sites excluding steroid dienone is 2. The van der Waals surface area contributed by atoms with Crippen molar-refractivity contribution in [2.45, 2.75) is 65.4 Å². The molecular weight excluding hydrogens is 477 g/mol. The molecule has 3 aromatic rings. The number of hydrogen-bond acceptors (Lipinski definition) is 4. The molecule has 0 radical (unpaired) electrons. The van der Waals surface area contributed by atoms with Crippen LogP contribution in [0.3, 0.4) is 0 Å². The fourth-order valence-corrected chi connectivity index (χ4v) is 5.64. The van der Waals surface area contributed by atoms with Gasteiger partial charge in [-0.2, -0.15) is 5.10 Å². The average Bonchev–Trinajstić information content (AvgIpc) is 3.52. The summed E-state index contributed by atoms with van der Waals surface area (Å²) in [4.78, 5) is 4.44. The summed E-state index contributed by atoms with van der Waals surface area (Å²) in [5.41, 5.74) is 4.29. The van der Waals surface area contributed by atoms with Crippen molar-refractivity contribution in [1.82, 2.24) is 14.8 Å². The van der Waals surface area contributed by atoms with Crippen LogP contribution in [0.4, 0.5) is 4.39 Å². The Balaban J connectivity index is 1.50. The molecule has 0 amide bonds. The second-order valence-electron chi connectivity index (χ2n) is 10.5. The van der Waals surface area contributed by atoms with Crippen LogP contribution < -0.4 is 9.47 Å². The van der Waals surface area contributed by atoms with Gasteiger partial charge < -0.3 is 9.47 Å². The third-order valence-corrected chi connectivity index (χ3v) is 7.91. The molecule has 0 saturated heterocycles. The number of ether oxygens (including phenoxy) is 2. The van der Waals surface area contributed by atoms with Gasteiger partial charge in [0.05, 0.1) is 24.0 Å². The number of rotatable bonds is 9. The fourth-order valence-electron chi connectivity index (χ4n) is 5.40. The highest BCUT2D eigenvalue weighted by Crippen LogP contribution is 2.47. The highest BCUT2D eigenvalue weighted by molar-refractivity contribution is 6.31. The SMILES string of the molecule is CCC(c1cc(OCc2cnn(-c3cc(OC)ccc3F)c2C2=CCCC2(C)C)ncc1Cl)C1CC1. The van der Waals surface area contributed by atoms with Gasteiger partial charge in [0.2, 0.25) is 5.88 Å². The molecule has 1 fully saturated rings. The lowest BCUT2D eigenvalue weighted by atomic mass is 9.83. The topological polar surface area (TPSA) is 49.2 Å². The smallest absolute Gasteiger partial charge is 0.213 e. The lowest BCUT2D eigenvalue weighted by molar-refractivity contribution is 0.292. The van der Waals surface area contributed by atoms with E-state index in [1.807, 2.05) is 6.07 Å². The highest BCUT2D eigenvalue weighted by atomic mass is 35.5. The standard InChI is InChI=1S/C29H33ClFN3O2/c1-5-21(18-8-9-18)22-14-27(32-16-24(22)30)36-17-19-15-33-34(26-13-20(35-4)10-11-25(26)31)28(19)23-7-6-12-29(23,2)3/h7,10-11,13-16,18,21H,5-6,8-9,12,17H2,1-4H3. The molecule has 1 aromatic carbocycles. The second kappa shape index (κ2) is 9.89. The van der Waals surface area contributed by atoms with Crippen LogP contribution in [0.25, 0.3) is 11.3 Å². The number of methoxy groups -OCH3 is 1. The quantitative estimate of drug-likeness (QED) is 0.296. The zero-order valence-corrected chi connectivity index (χ0v) is 22.1. The Labute approximate surface area is 217 Å². The monoisotopic (exact) mass is 509 g/mol. The van der Waals surface area contributed by atoms with Crippen LogP contribution in [0.1, 0.15) is 75.6 Å². The molecule has 0 bridgehead atoms. The largest absolute Gasteiger partial charge is 0.497 e. The molecule has 2 aliphatic rings. The molecular formula is C29H33ClFN3O2. The first kappa shape index (κ1) is 24.8. The minimum Gasteiger partial charge on any atom is -0.497 e. The molecule has 0 aliphatic heterocycles. The zero-order chi connectivity index (χ0) is 25.4. The Hall–Kier alpha value is -2.86. The van der Waals surface area contributed by atoms with E-state index in [-0.39, 0.29) is 17.8 Å². The first-order chi connectivity index (χ1) is 17.3. The van der Waals surface area contributed by atoms with Gasteiger partial charge in [0.15, 0.2) is 0 Å². The summed E-state index contributed by atoms with van der Waals surface area (Å²) in [5.74, 6) is 1.88. The van der Waals surface area contributed by atoms with Gasteiger partial charge in [0, 0.05) is 23.9 Å². The van der Waals surface area contributed by atoms with Crippen molar-refractivity contribution >= 4 is 17.2 Å². The van der Waals surface area contributed by atoms with Crippen molar-refractivity contribution in [3.05, 3.63) is 70.4 Å². The van der Waals surface area contributed by atoms with E-state index in [0.717, 1.165) is 41.7 Å². The predicted octanol–water partition coefficient (Wildman–Crippen LogP) is 7.75. The number of halogens is 2. The summed E-state index contributed by atoms with van der Waals surface area (Å²) < 4.78 is 28.2. The van der Waals surface area contributed by atoms with Crippen LogP contribution in [-0.2, 0) is 6.61 Å². The lowest BCUT2D eigenvalue weighted by Gasteiger charge is -2.24. The molecule has 36 heavy (non-hydrogen) atoms. The van der Waals surface area contributed by atoms with E-state index in [9.17, 15) is 4.39 Å². The van der Waals surface area contributed by atoms with Gasteiger partial charge >= 0.3 is 0 Å². The van der Waals surface area contributed by atoms with E-state index in [4.69, 9.17) is 21.1 Å². The minimum atomic E-state index is -0.362. The molecule has 1 atom stereocenters. The van der Waals surface area contributed by atoms with Crippen LogP contribution in [0.5, 0.6) is 11.6 Å². The maximum atomic E-state index is 15.0. The summed E-state index contributed by atoms with van der Waals surface area (Å²) in [6.07, 6.45) is 11.2. The summed E-state index contributed by atoms with van der Waals surface area (Å²) in [7, 11) is 1.57. The highest BCUT2D eigenvalue weighted by Gasteiger charge is 2.34. The van der Waals surface area contributed by atoms with E-state index >= 15 is 0 Å². The Morgan fingerprint density at radius 3 is 2.69 bits per heavy atom. The second-order valence-corrected chi connectivity index (χ2v) is 10.9. The maximum absolute atomic E-state index is 15.0. The molecule has 190 valence electrons. The normalized spacial score (nSPS) is 17.7. The molecule has 2 heterocycles. The van der Waals surface area contributed by atoms with Gasteiger partial charge in [-0.1, -0.05) is 38.4 Å². The molecule has 1 saturated carbocycles. The Morgan fingerprint density at radius 2 is 2.03 bits per heavy atom. The minimum absolute atomic E-state index is 0.0633. The summed E-state index contributed by atoms with van der Waals surface area (Å²) in [6.45, 7) is 6.90. The van der Waals surface area contributed by atoms with Crippen LogP contribution >= 0.6 is 11.6 Å². The van der Waals surface area contributed by atoms with Crippen LogP contribution in [-0.4, -0.2) is 21.9 Å². The van der Waals surface area contributed by atoms with Crippen LogP contribution in [0, 0.1) is 17.2 Å². The molecule has 1 unspecified atom stereocenters. The maximum Gasteiger partial charge on any atom is 0.213 e. The number of hydrogen-bond donors (Lipinski definition) is 0. The number of benzene rings is 1.